The molecule has 0 spiro atoms. The number of amides is 2. The molecule has 0 bridgehead atoms. The number of sulfonamides is 1. The summed E-state index contributed by atoms with van der Waals surface area (Å²) in [5.41, 5.74) is 1.62. The van der Waals surface area contributed by atoms with Gasteiger partial charge >= 0.3 is 0 Å². The van der Waals surface area contributed by atoms with E-state index in [2.05, 4.69) is 4.72 Å². The number of fused-ring (bicyclic) bond motifs is 1. The number of benzene rings is 1. The standard InChI is InChI=1S/C17H25N3O4S/c1-12(2)19(13(3)21)10-8-18-25(23,24)16-5-6-17-15(11-16)7-9-20(17)14(4)22/h5-6,11-12,18H,7-10H2,1-4H3. The summed E-state index contributed by atoms with van der Waals surface area (Å²) in [6, 6.07) is 4.81. The molecule has 2 amide bonds. The van der Waals surface area contributed by atoms with Crippen LogP contribution in [0.5, 0.6) is 0 Å². The summed E-state index contributed by atoms with van der Waals surface area (Å²) in [6.45, 7) is 7.77. The Kier molecular flexibility index (Phi) is 5.84. The van der Waals surface area contributed by atoms with Crippen molar-refractivity contribution in [1.82, 2.24) is 9.62 Å². The average Bonchev–Trinajstić information content (AvgIpc) is 2.94. The molecule has 25 heavy (non-hydrogen) atoms. The number of carbonyl (C=O) groups excluding carboxylic acids is 2. The maximum Gasteiger partial charge on any atom is 0.240 e. The minimum atomic E-state index is -3.66. The highest BCUT2D eigenvalue weighted by Crippen LogP contribution is 2.30. The highest BCUT2D eigenvalue weighted by molar-refractivity contribution is 7.89. The van der Waals surface area contributed by atoms with Crippen molar-refractivity contribution >= 4 is 27.5 Å². The lowest BCUT2D eigenvalue weighted by Crippen LogP contribution is -2.41. The number of anilines is 1. The summed E-state index contributed by atoms with van der Waals surface area (Å²) < 4.78 is 27.5. The van der Waals surface area contributed by atoms with E-state index in [9.17, 15) is 18.0 Å². The van der Waals surface area contributed by atoms with Crippen molar-refractivity contribution in [2.45, 2.75) is 45.1 Å². The van der Waals surface area contributed by atoms with Crippen LogP contribution in [0.3, 0.4) is 0 Å². The van der Waals surface area contributed by atoms with Crippen molar-refractivity contribution in [2.75, 3.05) is 24.5 Å². The summed E-state index contributed by atoms with van der Waals surface area (Å²) in [7, 11) is -3.66. The molecule has 1 aliphatic heterocycles. The summed E-state index contributed by atoms with van der Waals surface area (Å²) in [5, 5.41) is 0. The van der Waals surface area contributed by atoms with Crippen molar-refractivity contribution < 1.29 is 18.0 Å². The van der Waals surface area contributed by atoms with Gasteiger partial charge in [0.05, 0.1) is 4.90 Å². The first-order valence-electron chi connectivity index (χ1n) is 8.31. The van der Waals surface area contributed by atoms with E-state index in [0.29, 0.717) is 19.5 Å². The van der Waals surface area contributed by atoms with Gasteiger partial charge in [-0.1, -0.05) is 0 Å². The van der Waals surface area contributed by atoms with Crippen molar-refractivity contribution in [1.29, 1.82) is 0 Å². The quantitative estimate of drug-likeness (QED) is 0.817. The van der Waals surface area contributed by atoms with Crippen molar-refractivity contribution in [2.24, 2.45) is 0 Å². The van der Waals surface area contributed by atoms with E-state index in [0.717, 1.165) is 11.3 Å². The van der Waals surface area contributed by atoms with E-state index in [4.69, 9.17) is 0 Å². The van der Waals surface area contributed by atoms with E-state index in [1.807, 2.05) is 13.8 Å². The molecule has 0 aromatic heterocycles. The molecule has 1 aliphatic rings. The number of hydrogen-bond donors (Lipinski definition) is 1. The lowest BCUT2D eigenvalue weighted by atomic mass is 10.2. The van der Waals surface area contributed by atoms with Crippen molar-refractivity contribution in [3.8, 4) is 0 Å². The van der Waals surface area contributed by atoms with Crippen LogP contribution in [0, 0.1) is 0 Å². The molecule has 1 N–H and O–H groups in total. The lowest BCUT2D eigenvalue weighted by molar-refractivity contribution is -0.130. The van der Waals surface area contributed by atoms with Gasteiger partial charge < -0.3 is 9.80 Å². The Morgan fingerprint density at radius 1 is 1.28 bits per heavy atom. The molecule has 1 aromatic carbocycles. The molecule has 0 aliphatic carbocycles. The van der Waals surface area contributed by atoms with Gasteiger partial charge in [-0.2, -0.15) is 0 Å². The lowest BCUT2D eigenvalue weighted by Gasteiger charge is -2.25. The predicted octanol–water partition coefficient (Wildman–Crippen LogP) is 1.13. The third-order valence-electron chi connectivity index (χ3n) is 4.31. The van der Waals surface area contributed by atoms with Gasteiger partial charge in [-0.15, -0.1) is 0 Å². The Hall–Kier alpha value is -1.93. The topological polar surface area (TPSA) is 86.8 Å². The van der Waals surface area contributed by atoms with Gasteiger partial charge in [0.15, 0.2) is 0 Å². The Balaban J connectivity index is 2.08. The molecule has 0 unspecified atom stereocenters. The van der Waals surface area contributed by atoms with E-state index in [1.54, 1.807) is 21.9 Å². The second-order valence-electron chi connectivity index (χ2n) is 6.42. The smallest absolute Gasteiger partial charge is 0.240 e. The molecule has 8 heteroatoms. The fraction of sp³-hybridized carbons (Fsp3) is 0.529. The summed E-state index contributed by atoms with van der Waals surface area (Å²) in [5.74, 6) is -0.137. The first-order chi connectivity index (χ1) is 11.6. The molecule has 0 atom stereocenters. The summed E-state index contributed by atoms with van der Waals surface area (Å²) in [6.07, 6.45) is 0.643. The molecule has 0 fully saturated rings. The maximum absolute atomic E-state index is 12.5. The Morgan fingerprint density at radius 3 is 2.52 bits per heavy atom. The van der Waals surface area contributed by atoms with Gasteiger partial charge in [0.2, 0.25) is 21.8 Å². The second kappa shape index (κ2) is 7.53. The van der Waals surface area contributed by atoms with Crippen LogP contribution < -0.4 is 9.62 Å². The molecule has 0 saturated heterocycles. The highest BCUT2D eigenvalue weighted by atomic mass is 32.2. The fourth-order valence-electron chi connectivity index (χ4n) is 3.04. The zero-order valence-corrected chi connectivity index (χ0v) is 15.9. The number of rotatable bonds is 6. The first-order valence-corrected chi connectivity index (χ1v) is 9.79. The zero-order chi connectivity index (χ0) is 18.8. The zero-order valence-electron chi connectivity index (χ0n) is 15.1. The van der Waals surface area contributed by atoms with Crippen molar-refractivity contribution in [3.63, 3.8) is 0 Å². The Labute approximate surface area is 149 Å². The first kappa shape index (κ1) is 19.4. The highest BCUT2D eigenvalue weighted by Gasteiger charge is 2.25. The molecule has 138 valence electrons. The van der Waals surface area contributed by atoms with Crippen LogP contribution in [0.2, 0.25) is 0 Å². The predicted molar refractivity (Wildman–Crippen MR) is 95.9 cm³/mol. The molecule has 1 heterocycles. The number of nitrogens with zero attached hydrogens (tertiary/aromatic N) is 2. The van der Waals surface area contributed by atoms with Crippen LogP contribution in [0.4, 0.5) is 5.69 Å². The molecule has 1 aromatic rings. The van der Waals surface area contributed by atoms with Crippen LogP contribution in [-0.4, -0.2) is 50.8 Å². The normalized spacial score (nSPS) is 13.9. The van der Waals surface area contributed by atoms with Gasteiger partial charge in [-0.25, -0.2) is 13.1 Å². The van der Waals surface area contributed by atoms with Crippen LogP contribution in [0.25, 0.3) is 0 Å². The van der Waals surface area contributed by atoms with Gasteiger partial charge in [-0.05, 0) is 44.0 Å². The SMILES string of the molecule is CC(=O)N1CCc2cc(S(=O)(=O)NCCN(C(C)=O)C(C)C)ccc21. The molecule has 2 rings (SSSR count). The molecule has 7 nitrogen and oxygen atoms in total. The van der Waals surface area contributed by atoms with Crippen molar-refractivity contribution in [3.05, 3.63) is 23.8 Å². The van der Waals surface area contributed by atoms with E-state index in [-0.39, 0.29) is 29.3 Å². The van der Waals surface area contributed by atoms with Crippen LogP contribution in [-0.2, 0) is 26.0 Å². The van der Waals surface area contributed by atoms with E-state index >= 15 is 0 Å². The molecular formula is C17H25N3O4S. The van der Waals surface area contributed by atoms with Gasteiger partial charge in [0.25, 0.3) is 0 Å². The monoisotopic (exact) mass is 367 g/mol. The minimum absolute atomic E-state index is 0.0135. The van der Waals surface area contributed by atoms with E-state index in [1.165, 1.54) is 19.9 Å². The number of hydrogen-bond acceptors (Lipinski definition) is 4. The third kappa shape index (κ3) is 4.38. The fourth-order valence-corrected chi connectivity index (χ4v) is 4.11. The second-order valence-corrected chi connectivity index (χ2v) is 8.18. The third-order valence-corrected chi connectivity index (χ3v) is 5.77. The van der Waals surface area contributed by atoms with Gasteiger partial charge in [0, 0.05) is 45.2 Å². The van der Waals surface area contributed by atoms with Gasteiger partial charge in [0.1, 0.15) is 0 Å². The van der Waals surface area contributed by atoms with Gasteiger partial charge in [-0.3, -0.25) is 9.59 Å². The average molecular weight is 367 g/mol. The Morgan fingerprint density at radius 2 is 1.96 bits per heavy atom. The van der Waals surface area contributed by atoms with E-state index < -0.39 is 10.0 Å². The molecular weight excluding hydrogens is 342 g/mol. The largest absolute Gasteiger partial charge is 0.339 e. The van der Waals surface area contributed by atoms with Crippen LogP contribution in [0.15, 0.2) is 23.1 Å². The van der Waals surface area contributed by atoms with Crippen LogP contribution in [0.1, 0.15) is 33.3 Å². The maximum atomic E-state index is 12.5. The number of nitrogens with one attached hydrogen (secondary N) is 1. The Bertz CT molecular complexity index is 774. The summed E-state index contributed by atoms with van der Waals surface area (Å²) >= 11 is 0. The summed E-state index contributed by atoms with van der Waals surface area (Å²) in [4.78, 5) is 26.5. The molecule has 0 radical (unpaired) electrons. The van der Waals surface area contributed by atoms with Crippen LogP contribution >= 0.6 is 0 Å². The molecule has 0 saturated carbocycles. The number of carbonyl (C=O) groups is 2. The minimum Gasteiger partial charge on any atom is -0.339 e.